The van der Waals surface area contributed by atoms with Crippen molar-refractivity contribution in [2.75, 3.05) is 45.3 Å². The Kier molecular flexibility index (Phi) is 5.89. The highest BCUT2D eigenvalue weighted by Gasteiger charge is 2.21. The van der Waals surface area contributed by atoms with E-state index in [9.17, 15) is 4.79 Å². The minimum Gasteiger partial charge on any atom is -0.497 e. The van der Waals surface area contributed by atoms with Crippen LogP contribution in [-0.2, 0) is 4.79 Å². The number of rotatable bonds is 5. The maximum absolute atomic E-state index is 13.0. The van der Waals surface area contributed by atoms with Crippen LogP contribution in [0.2, 0.25) is 0 Å². The lowest BCUT2D eigenvalue weighted by Gasteiger charge is -2.35. The van der Waals surface area contributed by atoms with Crippen LogP contribution in [0.1, 0.15) is 18.1 Å². The number of aryl methyl sites for hydroxylation is 1. The van der Waals surface area contributed by atoms with Crippen LogP contribution in [-0.4, -0.2) is 51.2 Å². The van der Waals surface area contributed by atoms with Crippen molar-refractivity contribution in [1.29, 1.82) is 0 Å². The fourth-order valence-corrected chi connectivity index (χ4v) is 4.01. The molecule has 0 spiro atoms. The predicted octanol–water partition coefficient (Wildman–Crippen LogP) is 4.51. The number of fused-ring (bicyclic) bond motifs is 1. The molecular weight excluding hydrogens is 392 g/mol. The normalized spacial score (nSPS) is 14.8. The molecule has 162 valence electrons. The van der Waals surface area contributed by atoms with Gasteiger partial charge in [0.15, 0.2) is 0 Å². The number of methoxy groups -OCH3 is 2. The van der Waals surface area contributed by atoms with Crippen LogP contribution in [0.15, 0.2) is 53.2 Å². The third-order valence-corrected chi connectivity index (χ3v) is 5.86. The summed E-state index contributed by atoms with van der Waals surface area (Å²) in [5.74, 6) is 1.56. The molecule has 2 heterocycles. The number of ether oxygens (including phenoxy) is 2. The van der Waals surface area contributed by atoms with Crippen LogP contribution in [0, 0.1) is 6.92 Å². The molecule has 0 aliphatic carbocycles. The van der Waals surface area contributed by atoms with Crippen molar-refractivity contribution < 1.29 is 18.7 Å². The zero-order valence-electron chi connectivity index (χ0n) is 18.5. The first-order valence-corrected chi connectivity index (χ1v) is 10.4. The number of allylic oxidation sites excluding steroid dienone is 1. The van der Waals surface area contributed by atoms with Gasteiger partial charge in [0.2, 0.25) is 5.91 Å². The highest BCUT2D eigenvalue weighted by Crippen LogP contribution is 2.33. The van der Waals surface area contributed by atoms with E-state index in [0.29, 0.717) is 18.8 Å². The average molecular weight is 421 g/mol. The first-order valence-electron chi connectivity index (χ1n) is 10.4. The lowest BCUT2D eigenvalue weighted by molar-refractivity contribution is -0.126. The molecule has 6 heteroatoms. The molecule has 2 aromatic carbocycles. The number of nitrogens with zero attached hydrogens (tertiary/aromatic N) is 2. The molecule has 6 nitrogen and oxygen atoms in total. The van der Waals surface area contributed by atoms with E-state index in [-0.39, 0.29) is 5.91 Å². The average Bonchev–Trinajstić information content (AvgIpc) is 3.17. The van der Waals surface area contributed by atoms with Crippen LogP contribution in [0.4, 0.5) is 5.69 Å². The largest absolute Gasteiger partial charge is 0.497 e. The topological polar surface area (TPSA) is 55.2 Å². The zero-order chi connectivity index (χ0) is 22.0. The number of carbonyl (C=O) groups is 1. The standard InChI is InChI=1S/C25H28N2O4/c1-17(21-14-22-18(2)16-31-24(22)15-23(21)30-4)12-25(28)27-10-8-26(9-11-27)19-6-5-7-20(13-19)29-3/h5-7,12-16H,8-11H2,1-4H3/b17-12+. The molecule has 3 aromatic rings. The molecule has 0 unspecified atom stereocenters. The minimum absolute atomic E-state index is 0.0221. The highest BCUT2D eigenvalue weighted by molar-refractivity contribution is 5.97. The second-order valence-electron chi connectivity index (χ2n) is 7.81. The van der Waals surface area contributed by atoms with Crippen molar-refractivity contribution in [3.8, 4) is 11.5 Å². The van der Waals surface area contributed by atoms with E-state index in [1.54, 1.807) is 26.6 Å². The van der Waals surface area contributed by atoms with Gasteiger partial charge in [0.05, 0.1) is 20.5 Å². The van der Waals surface area contributed by atoms with Crippen LogP contribution in [0.25, 0.3) is 16.5 Å². The van der Waals surface area contributed by atoms with Gasteiger partial charge in [0.1, 0.15) is 17.1 Å². The number of piperazine rings is 1. The van der Waals surface area contributed by atoms with Crippen LogP contribution < -0.4 is 14.4 Å². The van der Waals surface area contributed by atoms with Gasteiger partial charge < -0.3 is 23.7 Å². The van der Waals surface area contributed by atoms with Crippen molar-refractivity contribution in [2.45, 2.75) is 13.8 Å². The summed E-state index contributed by atoms with van der Waals surface area (Å²) in [4.78, 5) is 17.1. The Morgan fingerprint density at radius 3 is 2.55 bits per heavy atom. The fourth-order valence-electron chi connectivity index (χ4n) is 4.01. The van der Waals surface area contributed by atoms with Gasteiger partial charge in [-0.25, -0.2) is 0 Å². The molecule has 1 aromatic heterocycles. The molecule has 0 saturated carbocycles. The van der Waals surface area contributed by atoms with Crippen LogP contribution in [0.5, 0.6) is 11.5 Å². The Hall–Kier alpha value is -3.41. The van der Waals surface area contributed by atoms with E-state index in [2.05, 4.69) is 11.0 Å². The van der Waals surface area contributed by atoms with Gasteiger partial charge in [0.25, 0.3) is 0 Å². The molecule has 0 bridgehead atoms. The van der Waals surface area contributed by atoms with Crippen molar-refractivity contribution in [2.24, 2.45) is 0 Å². The number of furan rings is 1. The zero-order valence-corrected chi connectivity index (χ0v) is 18.5. The highest BCUT2D eigenvalue weighted by atomic mass is 16.5. The molecule has 1 amide bonds. The minimum atomic E-state index is 0.0221. The Morgan fingerprint density at radius 1 is 1.06 bits per heavy atom. The van der Waals surface area contributed by atoms with E-state index >= 15 is 0 Å². The number of hydrogen-bond acceptors (Lipinski definition) is 5. The second kappa shape index (κ2) is 8.76. The first-order chi connectivity index (χ1) is 15.0. The SMILES string of the molecule is COc1cccc(N2CCN(C(=O)/C=C(\C)c3cc4c(C)coc4cc3OC)CC2)c1. The van der Waals surface area contributed by atoms with E-state index in [1.807, 2.05) is 49.1 Å². The van der Waals surface area contributed by atoms with Gasteiger partial charge in [-0.05, 0) is 43.2 Å². The quantitative estimate of drug-likeness (QED) is 0.569. The summed E-state index contributed by atoms with van der Waals surface area (Å²) < 4.78 is 16.4. The Labute approximate surface area is 182 Å². The summed E-state index contributed by atoms with van der Waals surface area (Å²) >= 11 is 0. The van der Waals surface area contributed by atoms with Crippen molar-refractivity contribution in [3.05, 3.63) is 59.9 Å². The monoisotopic (exact) mass is 420 g/mol. The summed E-state index contributed by atoms with van der Waals surface area (Å²) in [6, 6.07) is 11.9. The third kappa shape index (κ3) is 4.24. The maximum atomic E-state index is 13.0. The first kappa shape index (κ1) is 20.8. The Balaban J connectivity index is 1.48. The number of benzene rings is 2. The summed E-state index contributed by atoms with van der Waals surface area (Å²) in [5, 5.41) is 1.03. The smallest absolute Gasteiger partial charge is 0.246 e. The maximum Gasteiger partial charge on any atom is 0.246 e. The second-order valence-corrected chi connectivity index (χ2v) is 7.81. The van der Waals surface area contributed by atoms with E-state index in [0.717, 1.165) is 52.2 Å². The lowest BCUT2D eigenvalue weighted by Crippen LogP contribution is -2.48. The van der Waals surface area contributed by atoms with Gasteiger partial charge in [-0.15, -0.1) is 0 Å². The summed E-state index contributed by atoms with van der Waals surface area (Å²) in [7, 11) is 3.30. The molecule has 0 N–H and O–H groups in total. The van der Waals surface area contributed by atoms with Gasteiger partial charge in [0, 0.05) is 61.0 Å². The lowest BCUT2D eigenvalue weighted by atomic mass is 10.0. The molecule has 1 saturated heterocycles. The number of hydrogen-bond donors (Lipinski definition) is 0. The Morgan fingerprint density at radius 2 is 1.84 bits per heavy atom. The van der Waals surface area contributed by atoms with E-state index < -0.39 is 0 Å². The van der Waals surface area contributed by atoms with E-state index in [1.165, 1.54) is 0 Å². The van der Waals surface area contributed by atoms with Gasteiger partial charge >= 0.3 is 0 Å². The van der Waals surface area contributed by atoms with Crippen LogP contribution >= 0.6 is 0 Å². The molecule has 4 rings (SSSR count). The molecule has 0 atom stereocenters. The van der Waals surface area contributed by atoms with Crippen molar-refractivity contribution in [1.82, 2.24) is 4.90 Å². The van der Waals surface area contributed by atoms with E-state index in [4.69, 9.17) is 13.9 Å². The van der Waals surface area contributed by atoms with Gasteiger partial charge in [-0.1, -0.05) is 6.07 Å². The summed E-state index contributed by atoms with van der Waals surface area (Å²) in [6.07, 6.45) is 3.44. The van der Waals surface area contributed by atoms with Crippen molar-refractivity contribution in [3.63, 3.8) is 0 Å². The Bertz CT molecular complexity index is 1120. The van der Waals surface area contributed by atoms with Gasteiger partial charge in [-0.3, -0.25) is 4.79 Å². The number of amides is 1. The number of carbonyl (C=O) groups excluding carboxylic acids is 1. The summed E-state index contributed by atoms with van der Waals surface area (Å²) in [5.41, 5.74) is 4.74. The van der Waals surface area contributed by atoms with Crippen molar-refractivity contribution >= 4 is 28.1 Å². The molecule has 0 radical (unpaired) electrons. The van der Waals surface area contributed by atoms with Gasteiger partial charge in [-0.2, -0.15) is 0 Å². The molecule has 1 aliphatic heterocycles. The molecule has 1 fully saturated rings. The third-order valence-electron chi connectivity index (χ3n) is 5.86. The number of anilines is 1. The van der Waals surface area contributed by atoms with Crippen LogP contribution in [0.3, 0.4) is 0 Å². The predicted molar refractivity (Wildman–Crippen MR) is 123 cm³/mol. The fraction of sp³-hybridized carbons (Fsp3) is 0.320. The molecule has 1 aliphatic rings. The molecule has 31 heavy (non-hydrogen) atoms. The summed E-state index contributed by atoms with van der Waals surface area (Å²) in [6.45, 7) is 6.88. The molecular formula is C25H28N2O4.